The first-order chi connectivity index (χ1) is 9.05. The third-order valence-electron chi connectivity index (χ3n) is 1.98. The molecule has 0 saturated carbocycles. The molecule has 0 fully saturated rings. The maximum absolute atomic E-state index is 13.1. The molecule has 0 aliphatic heterocycles. The second-order valence-corrected chi connectivity index (χ2v) is 4.37. The van der Waals surface area contributed by atoms with Crippen molar-refractivity contribution in [2.24, 2.45) is 5.73 Å². The Hall–Kier alpha value is -1.00. The van der Waals surface area contributed by atoms with Crippen LogP contribution in [0.5, 0.6) is 5.75 Å². The van der Waals surface area contributed by atoms with Gasteiger partial charge < -0.3 is 10.5 Å². The van der Waals surface area contributed by atoms with Gasteiger partial charge in [0.1, 0.15) is 5.75 Å². The van der Waals surface area contributed by atoms with Crippen LogP contribution in [0.15, 0.2) is 22.7 Å². The molecule has 20 heavy (non-hydrogen) atoms. The molecule has 2 N–H and O–H groups in total. The average molecular weight is 368 g/mol. The van der Waals surface area contributed by atoms with Crippen LogP contribution in [0.3, 0.4) is 0 Å². The molecule has 0 saturated heterocycles. The van der Waals surface area contributed by atoms with Crippen molar-refractivity contribution in [3.63, 3.8) is 0 Å². The summed E-state index contributed by atoms with van der Waals surface area (Å²) in [4.78, 5) is 0. The standard InChI is InChI=1S/C10H8BrF6NO2/c11-6-3-5(4-18)1-2-7(6)19-9(13,14)8(12)20-10(15,16)17/h1-3,8H,4,18H2/t8-/m0/s1. The zero-order valence-electron chi connectivity index (χ0n) is 9.56. The van der Waals surface area contributed by atoms with Gasteiger partial charge in [0, 0.05) is 6.54 Å². The predicted molar refractivity (Wildman–Crippen MR) is 59.6 cm³/mol. The Kier molecular flexibility index (Phi) is 5.27. The van der Waals surface area contributed by atoms with E-state index in [1.165, 1.54) is 12.1 Å². The zero-order valence-corrected chi connectivity index (χ0v) is 11.1. The number of alkyl halides is 6. The Labute approximate surface area is 117 Å². The van der Waals surface area contributed by atoms with Gasteiger partial charge >= 0.3 is 18.8 Å². The van der Waals surface area contributed by atoms with Gasteiger partial charge in [-0.2, -0.15) is 8.78 Å². The van der Waals surface area contributed by atoms with E-state index in [9.17, 15) is 26.3 Å². The fourth-order valence-corrected chi connectivity index (χ4v) is 1.64. The Morgan fingerprint density at radius 3 is 2.25 bits per heavy atom. The van der Waals surface area contributed by atoms with Crippen LogP contribution in [0.2, 0.25) is 0 Å². The first-order valence-corrected chi connectivity index (χ1v) is 5.78. The minimum atomic E-state index is -5.55. The Morgan fingerprint density at radius 1 is 1.20 bits per heavy atom. The summed E-state index contributed by atoms with van der Waals surface area (Å²) in [6.07, 6.45) is -14.4. The van der Waals surface area contributed by atoms with Crippen LogP contribution in [-0.2, 0) is 11.3 Å². The van der Waals surface area contributed by atoms with Gasteiger partial charge in [-0.15, -0.1) is 13.2 Å². The SMILES string of the molecule is NCc1ccc(OC(F)(F)[C@@H](F)OC(F)(F)F)c(Br)c1. The third kappa shape index (κ3) is 4.84. The molecule has 1 aromatic carbocycles. The van der Waals surface area contributed by atoms with Gasteiger partial charge in [0.2, 0.25) is 0 Å². The number of nitrogens with two attached hydrogens (primary N) is 1. The Balaban J connectivity index is 2.85. The van der Waals surface area contributed by atoms with Crippen molar-refractivity contribution in [1.29, 1.82) is 0 Å². The average Bonchev–Trinajstić information content (AvgIpc) is 2.29. The highest BCUT2D eigenvalue weighted by atomic mass is 79.9. The zero-order chi connectivity index (χ0) is 15.6. The van der Waals surface area contributed by atoms with E-state index in [2.05, 4.69) is 25.4 Å². The van der Waals surface area contributed by atoms with Gasteiger partial charge in [-0.25, -0.2) is 9.13 Å². The van der Waals surface area contributed by atoms with E-state index in [1.54, 1.807) is 0 Å². The molecule has 0 amide bonds. The Bertz CT molecular complexity index is 468. The van der Waals surface area contributed by atoms with E-state index in [4.69, 9.17) is 5.73 Å². The number of hydrogen-bond acceptors (Lipinski definition) is 3. The topological polar surface area (TPSA) is 44.5 Å². The van der Waals surface area contributed by atoms with E-state index >= 15 is 0 Å². The quantitative estimate of drug-likeness (QED) is 0.806. The molecule has 10 heteroatoms. The largest absolute Gasteiger partial charge is 0.525 e. The summed E-state index contributed by atoms with van der Waals surface area (Å²) < 4.78 is 80.6. The molecular formula is C10H8BrF6NO2. The van der Waals surface area contributed by atoms with Crippen LogP contribution in [0.25, 0.3) is 0 Å². The first-order valence-electron chi connectivity index (χ1n) is 4.99. The smallest absolute Gasteiger partial charge is 0.427 e. The lowest BCUT2D eigenvalue weighted by Gasteiger charge is -2.22. The number of halogens is 7. The predicted octanol–water partition coefficient (Wildman–Crippen LogP) is 3.71. The second kappa shape index (κ2) is 6.19. The van der Waals surface area contributed by atoms with Crippen LogP contribution in [-0.4, -0.2) is 18.8 Å². The molecule has 3 nitrogen and oxygen atoms in total. The van der Waals surface area contributed by atoms with E-state index in [0.29, 0.717) is 5.56 Å². The number of ether oxygens (including phenoxy) is 2. The molecule has 0 bridgehead atoms. The number of rotatable bonds is 5. The van der Waals surface area contributed by atoms with Gasteiger partial charge in [0.25, 0.3) is 0 Å². The van der Waals surface area contributed by atoms with Crippen molar-refractivity contribution < 1.29 is 35.8 Å². The van der Waals surface area contributed by atoms with Crippen molar-refractivity contribution in [2.75, 3.05) is 0 Å². The highest BCUT2D eigenvalue weighted by Crippen LogP contribution is 2.35. The summed E-state index contributed by atoms with van der Waals surface area (Å²) in [6.45, 7) is 0.109. The summed E-state index contributed by atoms with van der Waals surface area (Å²) >= 11 is 2.85. The van der Waals surface area contributed by atoms with Gasteiger partial charge in [0.15, 0.2) is 0 Å². The maximum Gasteiger partial charge on any atom is 0.525 e. The van der Waals surface area contributed by atoms with Crippen LogP contribution in [0.4, 0.5) is 26.3 Å². The molecule has 114 valence electrons. The molecular weight excluding hydrogens is 360 g/mol. The highest BCUT2D eigenvalue weighted by Gasteiger charge is 2.50. The number of hydrogen-bond donors (Lipinski definition) is 1. The lowest BCUT2D eigenvalue weighted by atomic mass is 10.2. The van der Waals surface area contributed by atoms with E-state index in [0.717, 1.165) is 6.07 Å². The molecule has 0 heterocycles. The van der Waals surface area contributed by atoms with E-state index in [-0.39, 0.29) is 11.0 Å². The van der Waals surface area contributed by atoms with Crippen molar-refractivity contribution >= 4 is 15.9 Å². The molecule has 0 spiro atoms. The molecule has 1 atom stereocenters. The van der Waals surface area contributed by atoms with Crippen molar-refractivity contribution in [3.05, 3.63) is 28.2 Å². The summed E-state index contributed by atoms with van der Waals surface area (Å²) in [5.74, 6) is -0.555. The summed E-state index contributed by atoms with van der Waals surface area (Å²) in [5.41, 5.74) is 5.85. The van der Waals surface area contributed by atoms with Gasteiger partial charge in [0.05, 0.1) is 4.47 Å². The summed E-state index contributed by atoms with van der Waals surface area (Å²) in [6, 6.07) is 3.62. The van der Waals surface area contributed by atoms with E-state index < -0.39 is 24.6 Å². The van der Waals surface area contributed by atoms with Crippen LogP contribution >= 0.6 is 15.9 Å². The second-order valence-electron chi connectivity index (χ2n) is 3.51. The van der Waals surface area contributed by atoms with Gasteiger partial charge in [-0.3, -0.25) is 0 Å². The van der Waals surface area contributed by atoms with Crippen LogP contribution < -0.4 is 10.5 Å². The van der Waals surface area contributed by atoms with Crippen molar-refractivity contribution in [2.45, 2.75) is 25.4 Å². The fraction of sp³-hybridized carbons (Fsp3) is 0.400. The van der Waals surface area contributed by atoms with Crippen LogP contribution in [0.1, 0.15) is 5.56 Å². The molecule has 0 radical (unpaired) electrons. The summed E-state index contributed by atoms with van der Waals surface area (Å²) in [7, 11) is 0. The van der Waals surface area contributed by atoms with Crippen molar-refractivity contribution in [1.82, 2.24) is 0 Å². The number of benzene rings is 1. The monoisotopic (exact) mass is 367 g/mol. The third-order valence-corrected chi connectivity index (χ3v) is 2.60. The Morgan fingerprint density at radius 2 is 1.80 bits per heavy atom. The molecule has 1 aromatic rings. The summed E-state index contributed by atoms with van der Waals surface area (Å²) in [5, 5.41) is 0. The van der Waals surface area contributed by atoms with Crippen molar-refractivity contribution in [3.8, 4) is 5.75 Å². The molecule has 0 aromatic heterocycles. The molecule has 0 aliphatic carbocycles. The fourth-order valence-electron chi connectivity index (χ4n) is 1.13. The highest BCUT2D eigenvalue weighted by molar-refractivity contribution is 9.10. The van der Waals surface area contributed by atoms with E-state index in [1.807, 2.05) is 0 Å². The molecule has 1 rings (SSSR count). The lowest BCUT2D eigenvalue weighted by Crippen LogP contribution is -2.41. The normalized spacial score (nSPS) is 14.2. The first kappa shape index (κ1) is 17.1. The van der Waals surface area contributed by atoms with Crippen LogP contribution in [0, 0.1) is 0 Å². The van der Waals surface area contributed by atoms with Gasteiger partial charge in [-0.1, -0.05) is 6.07 Å². The lowest BCUT2D eigenvalue weighted by molar-refractivity contribution is -0.411. The molecule has 0 aliphatic rings. The van der Waals surface area contributed by atoms with Gasteiger partial charge in [-0.05, 0) is 33.6 Å². The molecule has 0 unspecified atom stereocenters. The minimum absolute atomic E-state index is 0.0145. The minimum Gasteiger partial charge on any atom is -0.427 e. The maximum atomic E-state index is 13.1.